The number of halogens is 2. The van der Waals surface area contributed by atoms with E-state index in [1.165, 1.54) is 37.7 Å². The van der Waals surface area contributed by atoms with Gasteiger partial charge in [-0.3, -0.25) is 0 Å². The Labute approximate surface area is 118 Å². The summed E-state index contributed by atoms with van der Waals surface area (Å²) in [6, 6.07) is 8.20. The van der Waals surface area contributed by atoms with Crippen LogP contribution in [0.3, 0.4) is 0 Å². The molecule has 2 heteroatoms. The van der Waals surface area contributed by atoms with E-state index in [2.05, 4.69) is 35.0 Å². The van der Waals surface area contributed by atoms with Gasteiger partial charge in [-0.1, -0.05) is 71.9 Å². The van der Waals surface area contributed by atoms with E-state index < -0.39 is 0 Å². The van der Waals surface area contributed by atoms with E-state index in [0.29, 0.717) is 10.2 Å². The molecule has 0 amide bonds. The van der Waals surface area contributed by atoms with Crippen molar-refractivity contribution in [2.45, 2.75) is 50.3 Å². The average Bonchev–Trinajstić information content (AvgIpc) is 2.33. The van der Waals surface area contributed by atoms with Crippen molar-refractivity contribution in [1.82, 2.24) is 0 Å². The van der Waals surface area contributed by atoms with Crippen LogP contribution in [0.1, 0.15) is 44.6 Å². The lowest BCUT2D eigenvalue weighted by atomic mass is 9.72. The molecule has 94 valence electrons. The molecule has 0 heterocycles. The Hall–Kier alpha value is -0.0100. The van der Waals surface area contributed by atoms with Crippen LogP contribution in [-0.4, -0.2) is 4.83 Å². The third-order valence-corrected chi connectivity index (χ3v) is 5.91. The molecule has 17 heavy (non-hydrogen) atoms. The van der Waals surface area contributed by atoms with Gasteiger partial charge in [0.1, 0.15) is 0 Å². The molecule has 1 aromatic rings. The van der Waals surface area contributed by atoms with Gasteiger partial charge in [-0.25, -0.2) is 0 Å². The summed E-state index contributed by atoms with van der Waals surface area (Å²) >= 11 is 10.1. The van der Waals surface area contributed by atoms with Crippen LogP contribution < -0.4 is 0 Å². The number of rotatable bonds is 3. The SMILES string of the molecule is CC1(C(Br)Cc2ccccc2Cl)CCCCC1. The van der Waals surface area contributed by atoms with Crippen molar-refractivity contribution < 1.29 is 0 Å². The Morgan fingerprint density at radius 3 is 2.53 bits per heavy atom. The minimum Gasteiger partial charge on any atom is -0.0881 e. The number of hydrogen-bond donors (Lipinski definition) is 0. The molecule has 0 N–H and O–H groups in total. The van der Waals surface area contributed by atoms with Gasteiger partial charge in [0.15, 0.2) is 0 Å². The third kappa shape index (κ3) is 3.26. The Morgan fingerprint density at radius 2 is 1.88 bits per heavy atom. The molecule has 2 rings (SSSR count). The summed E-state index contributed by atoms with van der Waals surface area (Å²) in [5, 5.41) is 0.899. The van der Waals surface area contributed by atoms with Crippen LogP contribution in [0.5, 0.6) is 0 Å². The average molecular weight is 316 g/mol. The molecular weight excluding hydrogens is 296 g/mol. The van der Waals surface area contributed by atoms with E-state index in [9.17, 15) is 0 Å². The second kappa shape index (κ2) is 5.75. The molecule has 1 aliphatic carbocycles. The molecule has 1 saturated carbocycles. The first-order chi connectivity index (χ1) is 8.12. The molecule has 1 atom stereocenters. The zero-order valence-electron chi connectivity index (χ0n) is 10.4. The Balaban J connectivity index is 2.05. The maximum Gasteiger partial charge on any atom is 0.0438 e. The molecule has 1 aromatic carbocycles. The third-order valence-electron chi connectivity index (χ3n) is 4.11. The van der Waals surface area contributed by atoms with Crippen LogP contribution >= 0.6 is 27.5 Å². The molecule has 0 saturated heterocycles. The highest BCUT2D eigenvalue weighted by Gasteiger charge is 2.33. The second-order valence-corrected chi connectivity index (χ2v) is 6.99. The van der Waals surface area contributed by atoms with E-state index in [0.717, 1.165) is 11.4 Å². The number of benzene rings is 1. The molecule has 1 fully saturated rings. The molecule has 0 bridgehead atoms. The smallest absolute Gasteiger partial charge is 0.0438 e. The van der Waals surface area contributed by atoms with E-state index in [4.69, 9.17) is 11.6 Å². The van der Waals surface area contributed by atoms with Gasteiger partial charge in [0, 0.05) is 9.85 Å². The maximum atomic E-state index is 6.23. The fourth-order valence-electron chi connectivity index (χ4n) is 2.78. The summed E-state index contributed by atoms with van der Waals surface area (Å²) in [4.78, 5) is 0.537. The lowest BCUT2D eigenvalue weighted by Gasteiger charge is -2.38. The predicted molar refractivity (Wildman–Crippen MR) is 79.1 cm³/mol. The van der Waals surface area contributed by atoms with Gasteiger partial charge >= 0.3 is 0 Å². The first kappa shape index (κ1) is 13.4. The lowest BCUT2D eigenvalue weighted by molar-refractivity contribution is 0.211. The highest BCUT2D eigenvalue weighted by atomic mass is 79.9. The molecular formula is C15H20BrCl. The second-order valence-electron chi connectivity index (χ2n) is 5.48. The van der Waals surface area contributed by atoms with Crippen LogP contribution in [0.2, 0.25) is 5.02 Å². The summed E-state index contributed by atoms with van der Waals surface area (Å²) < 4.78 is 0. The summed E-state index contributed by atoms with van der Waals surface area (Å²) in [6.45, 7) is 2.42. The van der Waals surface area contributed by atoms with E-state index in [1.807, 2.05) is 12.1 Å². The summed E-state index contributed by atoms with van der Waals surface area (Å²) in [5.74, 6) is 0. The summed E-state index contributed by atoms with van der Waals surface area (Å²) in [6.07, 6.45) is 7.88. The summed E-state index contributed by atoms with van der Waals surface area (Å²) in [5.41, 5.74) is 1.71. The Morgan fingerprint density at radius 1 is 1.24 bits per heavy atom. The van der Waals surface area contributed by atoms with Gasteiger partial charge < -0.3 is 0 Å². The van der Waals surface area contributed by atoms with Crippen molar-refractivity contribution in [3.63, 3.8) is 0 Å². The van der Waals surface area contributed by atoms with Crippen molar-refractivity contribution in [3.05, 3.63) is 34.9 Å². The van der Waals surface area contributed by atoms with E-state index >= 15 is 0 Å². The Kier molecular flexibility index (Phi) is 4.54. The zero-order chi connectivity index (χ0) is 12.3. The van der Waals surface area contributed by atoms with Crippen LogP contribution in [0.25, 0.3) is 0 Å². The van der Waals surface area contributed by atoms with Gasteiger partial charge in [0.05, 0.1) is 0 Å². The van der Waals surface area contributed by atoms with Gasteiger partial charge in [0.2, 0.25) is 0 Å². The van der Waals surface area contributed by atoms with Gasteiger partial charge in [0.25, 0.3) is 0 Å². The first-order valence-corrected chi connectivity index (χ1v) is 7.79. The monoisotopic (exact) mass is 314 g/mol. The quantitative estimate of drug-likeness (QED) is 0.635. The molecule has 0 aliphatic heterocycles. The number of alkyl halides is 1. The molecule has 1 unspecified atom stereocenters. The topological polar surface area (TPSA) is 0 Å². The van der Waals surface area contributed by atoms with Crippen molar-refractivity contribution in [2.24, 2.45) is 5.41 Å². The van der Waals surface area contributed by atoms with Crippen molar-refractivity contribution in [3.8, 4) is 0 Å². The van der Waals surface area contributed by atoms with E-state index in [1.54, 1.807) is 0 Å². The minimum absolute atomic E-state index is 0.442. The van der Waals surface area contributed by atoms with Crippen molar-refractivity contribution >= 4 is 27.5 Å². The largest absolute Gasteiger partial charge is 0.0881 e. The first-order valence-electron chi connectivity index (χ1n) is 6.49. The van der Waals surface area contributed by atoms with Crippen LogP contribution in [0.15, 0.2) is 24.3 Å². The van der Waals surface area contributed by atoms with Crippen LogP contribution in [0.4, 0.5) is 0 Å². The molecule has 0 spiro atoms. The maximum absolute atomic E-state index is 6.23. The van der Waals surface area contributed by atoms with E-state index in [-0.39, 0.29) is 0 Å². The minimum atomic E-state index is 0.442. The fraction of sp³-hybridized carbons (Fsp3) is 0.600. The molecule has 0 nitrogen and oxygen atoms in total. The zero-order valence-corrected chi connectivity index (χ0v) is 12.7. The lowest BCUT2D eigenvalue weighted by Crippen LogP contribution is -2.31. The van der Waals surface area contributed by atoms with Gasteiger partial charge in [-0.15, -0.1) is 0 Å². The van der Waals surface area contributed by atoms with Gasteiger partial charge in [-0.2, -0.15) is 0 Å². The van der Waals surface area contributed by atoms with Crippen LogP contribution in [0, 0.1) is 5.41 Å². The highest BCUT2D eigenvalue weighted by Crippen LogP contribution is 2.43. The molecule has 1 aliphatic rings. The van der Waals surface area contributed by atoms with Crippen molar-refractivity contribution in [2.75, 3.05) is 0 Å². The molecule has 0 aromatic heterocycles. The fourth-order valence-corrected chi connectivity index (χ4v) is 3.80. The van der Waals surface area contributed by atoms with Crippen molar-refractivity contribution in [1.29, 1.82) is 0 Å². The predicted octanol–water partition coefficient (Wildman–Crippen LogP) is 5.62. The Bertz CT molecular complexity index is 369. The normalized spacial score (nSPS) is 21.1. The highest BCUT2D eigenvalue weighted by molar-refractivity contribution is 9.09. The summed E-state index contributed by atoms with van der Waals surface area (Å²) in [7, 11) is 0. The van der Waals surface area contributed by atoms with Crippen LogP contribution in [-0.2, 0) is 6.42 Å². The standard InChI is InChI=1S/C15H20BrCl/c1-15(9-5-2-6-10-15)14(16)11-12-7-3-4-8-13(12)17/h3-4,7-8,14H,2,5-6,9-11H2,1H3. The molecule has 0 radical (unpaired) electrons. The van der Waals surface area contributed by atoms with Gasteiger partial charge in [-0.05, 0) is 36.3 Å². The number of hydrogen-bond acceptors (Lipinski definition) is 0.